The van der Waals surface area contributed by atoms with Gasteiger partial charge in [0.05, 0.1) is 0 Å². The van der Waals surface area contributed by atoms with Crippen LogP contribution in [0.1, 0.15) is 0 Å². The average Bonchev–Trinajstić information content (AvgIpc) is 2.02. The van der Waals surface area contributed by atoms with Gasteiger partial charge in [0, 0.05) is 0 Å². The maximum absolute atomic E-state index is 5.54. The van der Waals surface area contributed by atoms with Crippen LogP contribution in [0.5, 0.6) is 0 Å². The van der Waals surface area contributed by atoms with E-state index in [1.807, 2.05) is 14.2 Å². The third-order valence-corrected chi connectivity index (χ3v) is 15.4. The van der Waals surface area contributed by atoms with Gasteiger partial charge in [0.2, 0.25) is 0 Å². The number of hydrogen-bond donors (Lipinski definition) is 0. The fraction of sp³-hybridized carbons (Fsp3) is 1.00. The van der Waals surface area contributed by atoms with Gasteiger partial charge in [-0.1, -0.05) is 0 Å². The van der Waals surface area contributed by atoms with Crippen LogP contribution in [0.25, 0.3) is 0 Å². The molecule has 0 N–H and O–H groups in total. The Morgan fingerprint density at radius 2 is 1.00 bits per heavy atom. The van der Waals surface area contributed by atoms with Crippen molar-refractivity contribution in [2.45, 2.75) is 33.5 Å². The molecular weight excluding hydrogens is 273 g/mol. The first kappa shape index (κ1) is 13.0. The van der Waals surface area contributed by atoms with Crippen LogP contribution in [0, 0.1) is 0 Å². The Balaban J connectivity index is 3.82. The summed E-state index contributed by atoms with van der Waals surface area (Å²) in [5.41, 5.74) is 0. The van der Waals surface area contributed by atoms with Crippen LogP contribution in [0.2, 0.25) is 33.5 Å². The molecule has 0 atom stereocenters. The van der Waals surface area contributed by atoms with Crippen molar-refractivity contribution in [1.29, 1.82) is 0 Å². The summed E-state index contributed by atoms with van der Waals surface area (Å²) in [7, 11) is 3.71. The summed E-state index contributed by atoms with van der Waals surface area (Å²) in [4.78, 5) is 0. The molecule has 0 aliphatic heterocycles. The fourth-order valence-electron chi connectivity index (χ4n) is 0.806. The summed E-state index contributed by atoms with van der Waals surface area (Å²) in [5, 5.41) is 2.58. The molecule has 4 heteroatoms. The van der Waals surface area contributed by atoms with E-state index in [9.17, 15) is 0 Å². The molecule has 0 spiro atoms. The molecule has 0 rings (SSSR count). The third kappa shape index (κ3) is 5.62. The predicted molar refractivity (Wildman–Crippen MR) is 58.6 cm³/mol. The second kappa shape index (κ2) is 5.03. The Kier molecular flexibility index (Phi) is 5.45. The Morgan fingerprint density at radius 3 is 1.17 bits per heavy atom. The Hall–Kier alpha value is 1.01. The van der Waals surface area contributed by atoms with Crippen molar-refractivity contribution in [2.24, 2.45) is 0 Å². The van der Waals surface area contributed by atoms with Gasteiger partial charge in [-0.05, 0) is 0 Å². The molecule has 0 bridgehead atoms. The second-order valence-corrected chi connectivity index (χ2v) is 23.0. The van der Waals surface area contributed by atoms with Crippen molar-refractivity contribution in [2.75, 3.05) is 14.2 Å². The van der Waals surface area contributed by atoms with Gasteiger partial charge in [-0.3, -0.25) is 0 Å². The summed E-state index contributed by atoms with van der Waals surface area (Å²) in [6.07, 6.45) is 0. The van der Waals surface area contributed by atoms with Gasteiger partial charge in [-0.15, -0.1) is 0 Å². The summed E-state index contributed by atoms with van der Waals surface area (Å²) < 4.78 is 11.1. The standard InChI is InChI=1S/C8H22Ge2O2/c1-9(2,11-5)7-8-10(3,4)12-6/h7-8H2,1-6H3. The zero-order valence-electron chi connectivity index (χ0n) is 9.23. The Morgan fingerprint density at radius 1 is 0.750 bits per heavy atom. The van der Waals surface area contributed by atoms with E-state index in [0.717, 1.165) is 0 Å². The van der Waals surface area contributed by atoms with E-state index in [-0.39, 0.29) is 0 Å². The van der Waals surface area contributed by atoms with E-state index in [4.69, 9.17) is 7.53 Å². The third-order valence-electron chi connectivity index (χ3n) is 2.43. The number of rotatable bonds is 5. The molecule has 0 amide bonds. The molecule has 0 aromatic heterocycles. The van der Waals surface area contributed by atoms with Crippen LogP contribution in [-0.4, -0.2) is 41.4 Å². The van der Waals surface area contributed by atoms with Crippen LogP contribution in [0.15, 0.2) is 0 Å². The average molecular weight is 295 g/mol. The van der Waals surface area contributed by atoms with E-state index >= 15 is 0 Å². The Bertz CT molecular complexity index is 119. The van der Waals surface area contributed by atoms with Crippen LogP contribution < -0.4 is 0 Å². The van der Waals surface area contributed by atoms with E-state index in [2.05, 4.69) is 23.0 Å². The number of hydrogen-bond acceptors (Lipinski definition) is 2. The molecule has 0 saturated carbocycles. The Labute approximate surface area is 82.4 Å². The van der Waals surface area contributed by atoms with E-state index in [0.29, 0.717) is 0 Å². The minimum absolute atomic E-state index is 1.29. The molecule has 12 heavy (non-hydrogen) atoms. The van der Waals surface area contributed by atoms with Gasteiger partial charge in [0.15, 0.2) is 0 Å². The van der Waals surface area contributed by atoms with Gasteiger partial charge in [-0.2, -0.15) is 0 Å². The molecule has 0 saturated heterocycles. The normalized spacial score (nSPS) is 13.5. The maximum atomic E-state index is 5.54. The van der Waals surface area contributed by atoms with Crippen molar-refractivity contribution in [3.8, 4) is 0 Å². The minimum atomic E-state index is -1.81. The van der Waals surface area contributed by atoms with Gasteiger partial charge in [-0.25, -0.2) is 0 Å². The molecule has 0 aromatic rings. The molecule has 2 nitrogen and oxygen atoms in total. The van der Waals surface area contributed by atoms with Crippen LogP contribution in [-0.2, 0) is 7.53 Å². The first-order valence-corrected chi connectivity index (χ1v) is 17.5. The van der Waals surface area contributed by atoms with Crippen molar-refractivity contribution in [3.05, 3.63) is 0 Å². The molecule has 0 heterocycles. The van der Waals surface area contributed by atoms with Gasteiger partial charge < -0.3 is 0 Å². The van der Waals surface area contributed by atoms with Crippen molar-refractivity contribution >= 4 is 27.2 Å². The van der Waals surface area contributed by atoms with E-state index < -0.39 is 27.2 Å². The van der Waals surface area contributed by atoms with Crippen LogP contribution in [0.4, 0.5) is 0 Å². The summed E-state index contributed by atoms with van der Waals surface area (Å²) >= 11 is -3.62. The van der Waals surface area contributed by atoms with Gasteiger partial charge in [0.1, 0.15) is 0 Å². The van der Waals surface area contributed by atoms with Crippen molar-refractivity contribution in [1.82, 2.24) is 0 Å². The monoisotopic (exact) mass is 298 g/mol. The molecule has 0 aliphatic rings. The predicted octanol–water partition coefficient (Wildman–Crippen LogP) is 2.69. The SMILES string of the molecule is C[O][Ge]([CH3])([CH3])[CH2][CH2][Ge]([CH3])([CH3])[O]C. The van der Waals surface area contributed by atoms with E-state index in [1.165, 1.54) is 10.5 Å². The topological polar surface area (TPSA) is 18.5 Å². The summed E-state index contributed by atoms with van der Waals surface area (Å²) in [5.74, 6) is 9.25. The molecule has 0 aromatic carbocycles. The zero-order valence-corrected chi connectivity index (χ0v) is 13.4. The zero-order chi connectivity index (χ0) is 9.83. The van der Waals surface area contributed by atoms with Crippen molar-refractivity contribution in [3.63, 3.8) is 0 Å². The second-order valence-electron chi connectivity index (χ2n) is 4.43. The molecule has 0 radical (unpaired) electrons. The molecular formula is C8H22Ge2O2. The molecule has 0 aliphatic carbocycles. The first-order chi connectivity index (χ1) is 5.33. The fourth-order valence-corrected chi connectivity index (χ4v) is 17.3. The molecule has 74 valence electrons. The molecule has 0 fully saturated rings. The summed E-state index contributed by atoms with van der Waals surface area (Å²) in [6.45, 7) is 0. The first-order valence-electron chi connectivity index (χ1n) is 4.43. The molecule has 0 unspecified atom stereocenters. The van der Waals surface area contributed by atoms with E-state index in [1.54, 1.807) is 0 Å². The van der Waals surface area contributed by atoms with Crippen molar-refractivity contribution < 1.29 is 7.53 Å². The van der Waals surface area contributed by atoms with Gasteiger partial charge >= 0.3 is 82.5 Å². The summed E-state index contributed by atoms with van der Waals surface area (Å²) in [6, 6.07) is 0. The van der Waals surface area contributed by atoms with Gasteiger partial charge in [0.25, 0.3) is 0 Å². The van der Waals surface area contributed by atoms with Crippen LogP contribution in [0.3, 0.4) is 0 Å². The van der Waals surface area contributed by atoms with Crippen LogP contribution >= 0.6 is 0 Å². The quantitative estimate of drug-likeness (QED) is 0.726.